The van der Waals surface area contributed by atoms with Crippen LogP contribution in [0.1, 0.15) is 19.4 Å². The van der Waals surface area contributed by atoms with Crippen LogP contribution in [0.2, 0.25) is 0 Å². The Morgan fingerprint density at radius 2 is 2.14 bits per heavy atom. The third kappa shape index (κ3) is 4.58. The monoisotopic (exact) mass is 215 g/mol. The van der Waals surface area contributed by atoms with E-state index in [4.69, 9.17) is 4.74 Å². The molecule has 14 heavy (non-hydrogen) atoms. The summed E-state index contributed by atoms with van der Waals surface area (Å²) in [6, 6.07) is 4.23. The Bertz CT molecular complexity index is 263. The first-order valence-electron chi connectivity index (χ1n) is 4.69. The molecule has 0 radical (unpaired) electrons. The van der Waals surface area contributed by atoms with Crippen LogP contribution >= 0.6 is 0 Å². The maximum Gasteiger partial charge on any atom is 0.252 e. The molecular formula is C11H18ClNO. The predicted molar refractivity (Wildman–Crippen MR) is 52.2 cm³/mol. The first-order valence-corrected chi connectivity index (χ1v) is 4.69. The molecule has 3 heteroatoms. The van der Waals surface area contributed by atoms with E-state index in [9.17, 15) is 0 Å². The molecule has 0 bridgehead atoms. The molecule has 0 saturated carbocycles. The van der Waals surface area contributed by atoms with Gasteiger partial charge >= 0.3 is 0 Å². The van der Waals surface area contributed by atoms with Gasteiger partial charge in [0.15, 0.2) is 12.4 Å². The summed E-state index contributed by atoms with van der Waals surface area (Å²) < 4.78 is 7.10. The lowest BCUT2D eigenvalue weighted by molar-refractivity contribution is -0.731. The Balaban J connectivity index is 0.00000169. The van der Waals surface area contributed by atoms with Gasteiger partial charge in [0.1, 0.15) is 0 Å². The van der Waals surface area contributed by atoms with Crippen molar-refractivity contribution in [2.75, 3.05) is 7.11 Å². The minimum absolute atomic E-state index is 0. The maximum atomic E-state index is 5.05. The predicted octanol–water partition coefficient (Wildman–Crippen LogP) is -1.22. The zero-order valence-corrected chi connectivity index (χ0v) is 9.79. The number of hydrogen-bond donors (Lipinski definition) is 0. The molecule has 0 spiro atoms. The van der Waals surface area contributed by atoms with Gasteiger partial charge in [0.25, 0.3) is 6.73 Å². The smallest absolute Gasteiger partial charge is 0.252 e. The van der Waals surface area contributed by atoms with Crippen molar-refractivity contribution in [3.63, 3.8) is 0 Å². The second-order valence-corrected chi connectivity index (χ2v) is 3.74. The minimum atomic E-state index is 0. The molecule has 1 heterocycles. The summed E-state index contributed by atoms with van der Waals surface area (Å²) >= 11 is 0. The van der Waals surface area contributed by atoms with Gasteiger partial charge in [-0.15, -0.1) is 0 Å². The molecule has 2 nitrogen and oxygen atoms in total. The molecule has 0 fully saturated rings. The highest BCUT2D eigenvalue weighted by molar-refractivity contribution is 5.05. The van der Waals surface area contributed by atoms with Crippen LogP contribution in [0, 0.1) is 5.92 Å². The van der Waals surface area contributed by atoms with Gasteiger partial charge in [-0.3, -0.25) is 0 Å². The minimum Gasteiger partial charge on any atom is -1.00 e. The first-order chi connectivity index (χ1) is 6.22. The van der Waals surface area contributed by atoms with E-state index in [0.717, 1.165) is 6.42 Å². The standard InChI is InChI=1S/C11H18NO.ClH/c1-10(2)7-11-5-4-6-12(8-11)9-13-3;/h4-6,8,10H,7,9H2,1-3H3;1H/q+1;/p-1. The Kier molecular flexibility index (Phi) is 6.50. The third-order valence-electron chi connectivity index (χ3n) is 1.84. The zero-order valence-electron chi connectivity index (χ0n) is 9.03. The van der Waals surface area contributed by atoms with Gasteiger partial charge in [-0.2, -0.15) is 4.57 Å². The van der Waals surface area contributed by atoms with E-state index in [-0.39, 0.29) is 12.4 Å². The van der Waals surface area contributed by atoms with E-state index in [1.165, 1.54) is 5.56 Å². The Hall–Kier alpha value is -0.600. The molecule has 1 aromatic rings. The average Bonchev–Trinajstić information content (AvgIpc) is 2.04. The van der Waals surface area contributed by atoms with E-state index in [2.05, 4.69) is 36.7 Å². The molecular weight excluding hydrogens is 198 g/mol. The van der Waals surface area contributed by atoms with Crippen molar-refractivity contribution < 1.29 is 21.7 Å². The summed E-state index contributed by atoms with van der Waals surface area (Å²) in [5, 5.41) is 0. The Labute approximate surface area is 92.3 Å². The van der Waals surface area contributed by atoms with Crippen LogP contribution in [0.3, 0.4) is 0 Å². The number of rotatable bonds is 4. The van der Waals surface area contributed by atoms with Crippen LogP contribution in [0.4, 0.5) is 0 Å². The number of aromatic nitrogens is 1. The van der Waals surface area contributed by atoms with E-state index in [0.29, 0.717) is 12.6 Å². The highest BCUT2D eigenvalue weighted by Gasteiger charge is 2.03. The van der Waals surface area contributed by atoms with Gasteiger partial charge in [-0.05, 0) is 18.4 Å². The van der Waals surface area contributed by atoms with Crippen molar-refractivity contribution in [3.8, 4) is 0 Å². The summed E-state index contributed by atoms with van der Waals surface area (Å²) in [4.78, 5) is 0. The largest absolute Gasteiger partial charge is 1.00 e. The van der Waals surface area contributed by atoms with Gasteiger partial charge in [0.05, 0.1) is 0 Å². The maximum absolute atomic E-state index is 5.05. The van der Waals surface area contributed by atoms with Crippen molar-refractivity contribution in [1.82, 2.24) is 0 Å². The Morgan fingerprint density at radius 1 is 1.43 bits per heavy atom. The summed E-state index contributed by atoms with van der Waals surface area (Å²) in [6.45, 7) is 5.09. The summed E-state index contributed by atoms with van der Waals surface area (Å²) in [7, 11) is 1.71. The van der Waals surface area contributed by atoms with Crippen molar-refractivity contribution in [2.24, 2.45) is 5.92 Å². The number of pyridine rings is 1. The van der Waals surface area contributed by atoms with E-state index >= 15 is 0 Å². The number of nitrogens with zero attached hydrogens (tertiary/aromatic N) is 1. The molecule has 1 aromatic heterocycles. The van der Waals surface area contributed by atoms with Gasteiger partial charge in [-0.25, -0.2) is 0 Å². The summed E-state index contributed by atoms with van der Waals surface area (Å²) in [6.07, 6.45) is 5.29. The van der Waals surface area contributed by atoms with Gasteiger partial charge in [0.2, 0.25) is 0 Å². The molecule has 0 saturated heterocycles. The van der Waals surface area contributed by atoms with Crippen molar-refractivity contribution >= 4 is 0 Å². The fourth-order valence-corrected chi connectivity index (χ4v) is 1.40. The topological polar surface area (TPSA) is 13.1 Å². The normalized spacial score (nSPS) is 10.0. The second kappa shape index (κ2) is 6.80. The summed E-state index contributed by atoms with van der Waals surface area (Å²) in [5.41, 5.74) is 1.37. The van der Waals surface area contributed by atoms with Gasteiger partial charge < -0.3 is 17.1 Å². The van der Waals surface area contributed by atoms with Crippen molar-refractivity contribution in [1.29, 1.82) is 0 Å². The third-order valence-corrected chi connectivity index (χ3v) is 1.84. The molecule has 0 aliphatic carbocycles. The molecule has 1 rings (SSSR count). The molecule has 0 aliphatic rings. The van der Waals surface area contributed by atoms with Crippen LogP contribution in [-0.2, 0) is 17.9 Å². The van der Waals surface area contributed by atoms with Gasteiger partial charge in [0, 0.05) is 18.7 Å². The van der Waals surface area contributed by atoms with E-state index < -0.39 is 0 Å². The number of halogens is 1. The Morgan fingerprint density at radius 3 is 2.71 bits per heavy atom. The fraction of sp³-hybridized carbons (Fsp3) is 0.545. The molecule has 0 N–H and O–H groups in total. The molecule has 0 atom stereocenters. The zero-order chi connectivity index (χ0) is 9.68. The molecule has 80 valence electrons. The van der Waals surface area contributed by atoms with Crippen molar-refractivity contribution in [3.05, 3.63) is 30.1 Å². The fourth-order valence-electron chi connectivity index (χ4n) is 1.40. The molecule has 0 aliphatic heterocycles. The number of methoxy groups -OCH3 is 1. The first kappa shape index (κ1) is 13.4. The summed E-state index contributed by atoms with van der Waals surface area (Å²) in [5.74, 6) is 0.707. The molecule has 0 unspecified atom stereocenters. The van der Waals surface area contributed by atoms with Crippen LogP contribution in [0.25, 0.3) is 0 Å². The highest BCUT2D eigenvalue weighted by atomic mass is 35.5. The van der Waals surface area contributed by atoms with Crippen molar-refractivity contribution in [2.45, 2.75) is 27.0 Å². The van der Waals surface area contributed by atoms with Crippen LogP contribution in [0.15, 0.2) is 24.5 Å². The van der Waals surface area contributed by atoms with Crippen LogP contribution in [0.5, 0.6) is 0 Å². The number of hydrogen-bond acceptors (Lipinski definition) is 1. The number of ether oxygens (including phenoxy) is 1. The van der Waals surface area contributed by atoms with E-state index in [1.54, 1.807) is 7.11 Å². The van der Waals surface area contributed by atoms with Crippen LogP contribution in [-0.4, -0.2) is 7.11 Å². The lowest BCUT2D eigenvalue weighted by atomic mass is 10.1. The second-order valence-electron chi connectivity index (χ2n) is 3.74. The SMILES string of the molecule is COC[n+]1cccc(CC(C)C)c1.[Cl-]. The van der Waals surface area contributed by atoms with E-state index in [1.807, 2.05) is 6.20 Å². The lowest BCUT2D eigenvalue weighted by Gasteiger charge is -2.03. The molecule has 0 amide bonds. The lowest BCUT2D eigenvalue weighted by Crippen LogP contribution is -3.00. The quantitative estimate of drug-likeness (QED) is 0.574. The average molecular weight is 216 g/mol. The molecule has 0 aromatic carbocycles. The van der Waals surface area contributed by atoms with Gasteiger partial charge in [-0.1, -0.05) is 13.8 Å². The van der Waals surface area contributed by atoms with Crippen LogP contribution < -0.4 is 17.0 Å². The highest BCUT2D eigenvalue weighted by Crippen LogP contribution is 2.04.